The molecule has 0 aliphatic carbocycles. The molecule has 3 atom stereocenters. The maximum atomic E-state index is 13.8. The summed E-state index contributed by atoms with van der Waals surface area (Å²) in [6.07, 6.45) is 4.91. The first-order valence-corrected chi connectivity index (χ1v) is 7.85. The van der Waals surface area contributed by atoms with Crippen LogP contribution in [0.3, 0.4) is 0 Å². The van der Waals surface area contributed by atoms with E-state index in [1.54, 1.807) is 0 Å². The van der Waals surface area contributed by atoms with Gasteiger partial charge in [-0.05, 0) is 25.0 Å². The zero-order valence-electron chi connectivity index (χ0n) is 12.8. The number of nitrogens with zero attached hydrogens (tertiary/aromatic N) is 4. The Morgan fingerprint density at radius 2 is 2.04 bits per heavy atom. The van der Waals surface area contributed by atoms with Crippen LogP contribution in [0, 0.1) is 11.6 Å². The predicted octanol–water partition coefficient (Wildman–Crippen LogP) is 1.97. The van der Waals surface area contributed by atoms with Crippen molar-refractivity contribution in [3.8, 4) is 5.88 Å². The molecule has 0 amide bonds. The zero-order chi connectivity index (χ0) is 16.5. The van der Waals surface area contributed by atoms with E-state index in [2.05, 4.69) is 15.0 Å². The standard InChI is InChI=1S/C16H16F2N4O2/c17-10-7-20-16(21-8-10)22-9-13(14-12(22)4-2-6-23-14)24-15-11(18)3-1-5-19-15/h1,3,5,7-8,12-14H,2,4,6,9H2/t12-,13-,14+/m1/s1. The second-order valence-electron chi connectivity index (χ2n) is 5.85. The van der Waals surface area contributed by atoms with Gasteiger partial charge in [-0.25, -0.2) is 23.7 Å². The predicted molar refractivity (Wildman–Crippen MR) is 80.7 cm³/mol. The molecule has 2 aromatic rings. The summed E-state index contributed by atoms with van der Waals surface area (Å²) in [5.41, 5.74) is 0. The largest absolute Gasteiger partial charge is 0.468 e. The number of fused-ring (bicyclic) bond motifs is 1. The SMILES string of the molecule is Fc1cnc(N2C[C@@H](Oc3ncccc3F)[C@H]3OCCC[C@H]32)nc1. The Labute approximate surface area is 137 Å². The molecule has 8 heteroatoms. The third kappa shape index (κ3) is 2.77. The molecule has 0 unspecified atom stereocenters. The van der Waals surface area contributed by atoms with E-state index in [1.165, 1.54) is 18.3 Å². The normalized spacial score (nSPS) is 26.2. The Hall–Kier alpha value is -2.35. The van der Waals surface area contributed by atoms with Gasteiger partial charge in [-0.3, -0.25) is 0 Å². The Kier molecular flexibility index (Phi) is 3.97. The number of rotatable bonds is 3. The van der Waals surface area contributed by atoms with Crippen LogP contribution in [0.2, 0.25) is 0 Å². The van der Waals surface area contributed by atoms with Crippen LogP contribution in [-0.4, -0.2) is 46.4 Å². The molecule has 0 saturated carbocycles. The molecule has 4 heterocycles. The highest BCUT2D eigenvalue weighted by molar-refractivity contribution is 5.36. The Bertz CT molecular complexity index is 715. The van der Waals surface area contributed by atoms with Gasteiger partial charge in [-0.1, -0.05) is 0 Å². The fraction of sp³-hybridized carbons (Fsp3) is 0.438. The van der Waals surface area contributed by atoms with Gasteiger partial charge in [0, 0.05) is 12.8 Å². The number of pyridine rings is 1. The summed E-state index contributed by atoms with van der Waals surface area (Å²) >= 11 is 0. The van der Waals surface area contributed by atoms with Crippen molar-refractivity contribution in [2.24, 2.45) is 0 Å². The molecule has 2 aliphatic rings. The molecule has 0 N–H and O–H groups in total. The Morgan fingerprint density at radius 3 is 2.83 bits per heavy atom. The molecule has 0 radical (unpaired) electrons. The van der Waals surface area contributed by atoms with E-state index in [0.29, 0.717) is 19.1 Å². The van der Waals surface area contributed by atoms with Crippen molar-refractivity contribution in [3.63, 3.8) is 0 Å². The van der Waals surface area contributed by atoms with Crippen molar-refractivity contribution in [3.05, 3.63) is 42.4 Å². The van der Waals surface area contributed by atoms with Gasteiger partial charge in [-0.2, -0.15) is 0 Å². The van der Waals surface area contributed by atoms with E-state index in [0.717, 1.165) is 25.2 Å². The Morgan fingerprint density at radius 1 is 1.21 bits per heavy atom. The van der Waals surface area contributed by atoms with Crippen molar-refractivity contribution >= 4 is 5.95 Å². The highest BCUT2D eigenvalue weighted by Gasteiger charge is 2.46. The van der Waals surface area contributed by atoms with Gasteiger partial charge in [-0.15, -0.1) is 0 Å². The number of hydrogen-bond donors (Lipinski definition) is 0. The first-order chi connectivity index (χ1) is 11.7. The summed E-state index contributed by atoms with van der Waals surface area (Å²) in [6, 6.07) is 2.83. The van der Waals surface area contributed by atoms with Crippen molar-refractivity contribution in [2.45, 2.75) is 31.1 Å². The molecule has 24 heavy (non-hydrogen) atoms. The minimum Gasteiger partial charge on any atom is -0.468 e. The molecule has 0 aromatic carbocycles. The fourth-order valence-corrected chi connectivity index (χ4v) is 3.30. The van der Waals surface area contributed by atoms with Gasteiger partial charge in [0.15, 0.2) is 11.6 Å². The minimum absolute atomic E-state index is 0.0148. The zero-order valence-corrected chi connectivity index (χ0v) is 12.8. The van der Waals surface area contributed by atoms with E-state index < -0.39 is 17.7 Å². The van der Waals surface area contributed by atoms with Crippen LogP contribution in [0.25, 0.3) is 0 Å². The number of halogens is 2. The molecule has 126 valence electrons. The van der Waals surface area contributed by atoms with Crippen LogP contribution in [-0.2, 0) is 4.74 Å². The number of anilines is 1. The summed E-state index contributed by atoms with van der Waals surface area (Å²) in [7, 11) is 0. The highest BCUT2D eigenvalue weighted by atomic mass is 19.1. The van der Waals surface area contributed by atoms with Gasteiger partial charge < -0.3 is 14.4 Å². The number of hydrogen-bond acceptors (Lipinski definition) is 6. The van der Waals surface area contributed by atoms with Crippen molar-refractivity contribution in [2.75, 3.05) is 18.1 Å². The summed E-state index contributed by atoms with van der Waals surface area (Å²) in [5, 5.41) is 0. The molecule has 0 spiro atoms. The van der Waals surface area contributed by atoms with Crippen LogP contribution < -0.4 is 9.64 Å². The third-order valence-electron chi connectivity index (χ3n) is 4.33. The van der Waals surface area contributed by atoms with Gasteiger partial charge in [0.25, 0.3) is 5.88 Å². The highest BCUT2D eigenvalue weighted by Crippen LogP contribution is 2.33. The average molecular weight is 334 g/mol. The van der Waals surface area contributed by atoms with Gasteiger partial charge >= 0.3 is 0 Å². The Balaban J connectivity index is 1.59. The second kappa shape index (κ2) is 6.27. The van der Waals surface area contributed by atoms with E-state index in [4.69, 9.17) is 9.47 Å². The van der Waals surface area contributed by atoms with E-state index >= 15 is 0 Å². The second-order valence-corrected chi connectivity index (χ2v) is 5.85. The number of ether oxygens (including phenoxy) is 2. The first-order valence-electron chi connectivity index (χ1n) is 7.85. The van der Waals surface area contributed by atoms with Gasteiger partial charge in [0.2, 0.25) is 5.95 Å². The summed E-state index contributed by atoms with van der Waals surface area (Å²) in [6.45, 7) is 1.06. The van der Waals surface area contributed by atoms with Crippen molar-refractivity contribution in [1.29, 1.82) is 0 Å². The van der Waals surface area contributed by atoms with Gasteiger partial charge in [0.05, 0.1) is 25.0 Å². The first kappa shape index (κ1) is 15.2. The van der Waals surface area contributed by atoms with Crippen molar-refractivity contribution in [1.82, 2.24) is 15.0 Å². The summed E-state index contributed by atoms with van der Waals surface area (Å²) in [5.74, 6) is -0.624. The molecule has 4 rings (SSSR count). The van der Waals surface area contributed by atoms with Crippen LogP contribution in [0.4, 0.5) is 14.7 Å². The fourth-order valence-electron chi connectivity index (χ4n) is 3.30. The maximum absolute atomic E-state index is 13.8. The smallest absolute Gasteiger partial charge is 0.250 e. The van der Waals surface area contributed by atoms with Crippen LogP contribution in [0.15, 0.2) is 30.7 Å². The van der Waals surface area contributed by atoms with E-state index in [9.17, 15) is 8.78 Å². The van der Waals surface area contributed by atoms with E-state index in [-0.39, 0.29) is 18.0 Å². The number of aromatic nitrogens is 3. The third-order valence-corrected chi connectivity index (χ3v) is 4.33. The van der Waals surface area contributed by atoms with Crippen molar-refractivity contribution < 1.29 is 18.3 Å². The lowest BCUT2D eigenvalue weighted by Crippen LogP contribution is -2.43. The molecule has 2 aromatic heterocycles. The molecular formula is C16H16F2N4O2. The van der Waals surface area contributed by atoms with Gasteiger partial charge in [0.1, 0.15) is 12.2 Å². The monoisotopic (exact) mass is 334 g/mol. The average Bonchev–Trinajstić information content (AvgIpc) is 2.97. The molecule has 0 bridgehead atoms. The topological polar surface area (TPSA) is 60.4 Å². The maximum Gasteiger partial charge on any atom is 0.250 e. The lowest BCUT2D eigenvalue weighted by atomic mass is 10.0. The minimum atomic E-state index is -0.513. The molecule has 2 fully saturated rings. The van der Waals surface area contributed by atoms with Crippen LogP contribution in [0.1, 0.15) is 12.8 Å². The lowest BCUT2D eigenvalue weighted by Gasteiger charge is -2.31. The van der Waals surface area contributed by atoms with Crippen LogP contribution >= 0.6 is 0 Å². The molecule has 2 saturated heterocycles. The molecular weight excluding hydrogens is 318 g/mol. The molecule has 2 aliphatic heterocycles. The lowest BCUT2D eigenvalue weighted by molar-refractivity contribution is -0.0382. The van der Waals surface area contributed by atoms with Crippen LogP contribution in [0.5, 0.6) is 5.88 Å². The summed E-state index contributed by atoms with van der Waals surface area (Å²) in [4.78, 5) is 14.0. The molecule has 6 nitrogen and oxygen atoms in total. The van der Waals surface area contributed by atoms with E-state index in [1.807, 2.05) is 4.90 Å². The summed E-state index contributed by atoms with van der Waals surface area (Å²) < 4.78 is 38.5. The quantitative estimate of drug-likeness (QED) is 0.855.